The molecular weight excluding hydrogens is 248 g/mol. The van der Waals surface area contributed by atoms with Gasteiger partial charge in [-0.25, -0.2) is 9.48 Å². The number of benzene rings is 1. The van der Waals surface area contributed by atoms with E-state index in [1.54, 1.807) is 0 Å². The summed E-state index contributed by atoms with van der Waals surface area (Å²) in [6.45, 7) is 2.30. The van der Waals surface area contributed by atoms with Crippen LogP contribution >= 0.6 is 0 Å². The second-order valence-corrected chi connectivity index (χ2v) is 3.67. The molecule has 0 fully saturated rings. The average Bonchev–Trinajstić information content (AvgIpc) is 2.84. The van der Waals surface area contributed by atoms with E-state index < -0.39 is 5.97 Å². The second-order valence-electron chi connectivity index (χ2n) is 3.67. The van der Waals surface area contributed by atoms with Crippen molar-refractivity contribution in [3.8, 4) is 11.6 Å². The summed E-state index contributed by atoms with van der Waals surface area (Å²) in [5, 5.41) is 13.1. The quantitative estimate of drug-likeness (QED) is 0.636. The first-order chi connectivity index (χ1) is 9.24. The molecule has 0 saturated carbocycles. The van der Waals surface area contributed by atoms with Crippen LogP contribution in [0.15, 0.2) is 36.5 Å². The predicted molar refractivity (Wildman–Crippen MR) is 67.6 cm³/mol. The lowest BCUT2D eigenvalue weighted by molar-refractivity contribution is 0.0171. The topological polar surface area (TPSA) is 73.6 Å². The Morgan fingerprint density at radius 2 is 2.11 bits per heavy atom. The van der Waals surface area contributed by atoms with Gasteiger partial charge in [-0.05, 0) is 19.1 Å². The molecule has 0 aliphatic carbocycles. The van der Waals surface area contributed by atoms with Crippen molar-refractivity contribution < 1.29 is 19.4 Å². The van der Waals surface area contributed by atoms with Gasteiger partial charge in [0.05, 0.1) is 11.9 Å². The van der Waals surface area contributed by atoms with Crippen LogP contribution in [0.3, 0.4) is 0 Å². The minimum Gasteiger partial charge on any atom is -0.477 e. The zero-order valence-corrected chi connectivity index (χ0v) is 10.4. The molecule has 0 amide bonds. The number of para-hydroxylation sites is 1. The highest BCUT2D eigenvalue weighted by molar-refractivity contribution is 5.90. The maximum atomic E-state index is 11.1. The molecule has 0 radical (unpaired) electrons. The molecule has 6 nitrogen and oxygen atoms in total. The minimum absolute atomic E-state index is 0.00329. The van der Waals surface area contributed by atoms with E-state index in [4.69, 9.17) is 14.6 Å². The number of carboxylic acids is 1. The van der Waals surface area contributed by atoms with Gasteiger partial charge in [0, 0.05) is 6.61 Å². The summed E-state index contributed by atoms with van der Waals surface area (Å²) >= 11 is 0. The molecule has 0 spiro atoms. The fourth-order valence-corrected chi connectivity index (χ4v) is 1.56. The van der Waals surface area contributed by atoms with Crippen LogP contribution in [0.25, 0.3) is 5.69 Å². The molecule has 0 aliphatic heterocycles. The first-order valence-corrected chi connectivity index (χ1v) is 5.81. The number of nitrogens with zero attached hydrogens (tertiary/aromatic N) is 2. The van der Waals surface area contributed by atoms with Gasteiger partial charge in [0.15, 0.2) is 6.79 Å². The average molecular weight is 262 g/mol. The molecule has 0 saturated heterocycles. The van der Waals surface area contributed by atoms with Crippen molar-refractivity contribution in [2.24, 2.45) is 0 Å². The Labute approximate surface area is 110 Å². The zero-order valence-electron chi connectivity index (χ0n) is 10.4. The van der Waals surface area contributed by atoms with Crippen LogP contribution in [0.2, 0.25) is 0 Å². The molecule has 1 heterocycles. The summed E-state index contributed by atoms with van der Waals surface area (Å²) in [7, 11) is 0. The van der Waals surface area contributed by atoms with Crippen molar-refractivity contribution >= 4 is 5.97 Å². The lowest BCUT2D eigenvalue weighted by Gasteiger charge is -2.09. The van der Waals surface area contributed by atoms with E-state index in [0.717, 1.165) is 5.69 Å². The number of aromatic nitrogens is 2. The standard InChI is InChI=1S/C13H14N2O4/c1-2-18-9-19-12-11(13(16)17)8-14-15(12)10-6-4-3-5-7-10/h3-8H,2,9H2,1H3,(H,16,17). The van der Waals surface area contributed by atoms with Crippen molar-refractivity contribution in [1.82, 2.24) is 9.78 Å². The minimum atomic E-state index is -1.09. The third-order valence-electron chi connectivity index (χ3n) is 2.44. The van der Waals surface area contributed by atoms with Gasteiger partial charge >= 0.3 is 5.97 Å². The maximum Gasteiger partial charge on any atom is 0.342 e. The molecule has 0 atom stereocenters. The highest BCUT2D eigenvalue weighted by Gasteiger charge is 2.19. The summed E-state index contributed by atoms with van der Waals surface area (Å²) in [6.07, 6.45) is 1.26. The fraction of sp³-hybridized carbons (Fsp3) is 0.231. The number of hydrogen-bond donors (Lipinski definition) is 1. The van der Waals surface area contributed by atoms with Crippen LogP contribution in [0.5, 0.6) is 5.88 Å². The van der Waals surface area contributed by atoms with Crippen LogP contribution in [-0.2, 0) is 4.74 Å². The SMILES string of the molecule is CCOCOc1c(C(=O)O)cnn1-c1ccccc1. The van der Waals surface area contributed by atoms with Crippen molar-refractivity contribution in [2.45, 2.75) is 6.92 Å². The molecule has 0 unspecified atom stereocenters. The molecule has 1 aromatic heterocycles. The number of rotatable bonds is 6. The third kappa shape index (κ3) is 2.92. The van der Waals surface area contributed by atoms with Crippen LogP contribution in [0.4, 0.5) is 0 Å². The van der Waals surface area contributed by atoms with Gasteiger partial charge in [-0.2, -0.15) is 5.10 Å². The Hall–Kier alpha value is -2.34. The van der Waals surface area contributed by atoms with Gasteiger partial charge in [0.2, 0.25) is 5.88 Å². The van der Waals surface area contributed by atoms with Crippen molar-refractivity contribution in [2.75, 3.05) is 13.4 Å². The predicted octanol–water partition coefficient (Wildman–Crippen LogP) is 1.94. The van der Waals surface area contributed by atoms with Gasteiger partial charge in [-0.15, -0.1) is 0 Å². The van der Waals surface area contributed by atoms with Gasteiger partial charge in [-0.3, -0.25) is 0 Å². The van der Waals surface area contributed by atoms with E-state index in [-0.39, 0.29) is 18.2 Å². The summed E-state index contributed by atoms with van der Waals surface area (Å²) in [5.41, 5.74) is 0.727. The molecule has 2 rings (SSSR count). The molecule has 1 aromatic carbocycles. The molecule has 0 aliphatic rings. The number of aromatic carboxylic acids is 1. The van der Waals surface area contributed by atoms with E-state index in [0.29, 0.717) is 6.61 Å². The van der Waals surface area contributed by atoms with Crippen LogP contribution in [-0.4, -0.2) is 34.3 Å². The highest BCUT2D eigenvalue weighted by atomic mass is 16.7. The van der Waals surface area contributed by atoms with Crippen molar-refractivity contribution in [3.05, 3.63) is 42.1 Å². The Morgan fingerprint density at radius 3 is 2.74 bits per heavy atom. The summed E-state index contributed by atoms with van der Waals surface area (Å²) in [5.74, 6) is -0.930. The van der Waals surface area contributed by atoms with Crippen LogP contribution in [0.1, 0.15) is 17.3 Å². The molecule has 1 N–H and O–H groups in total. The van der Waals surface area contributed by atoms with E-state index >= 15 is 0 Å². The molecule has 100 valence electrons. The Morgan fingerprint density at radius 1 is 1.37 bits per heavy atom. The molecular formula is C13H14N2O4. The van der Waals surface area contributed by atoms with E-state index in [1.807, 2.05) is 37.3 Å². The van der Waals surface area contributed by atoms with Crippen LogP contribution < -0.4 is 4.74 Å². The number of carboxylic acid groups (broad SMARTS) is 1. The Balaban J connectivity index is 2.35. The molecule has 19 heavy (non-hydrogen) atoms. The van der Waals surface area contributed by atoms with E-state index in [9.17, 15) is 4.79 Å². The molecule has 6 heteroatoms. The maximum absolute atomic E-state index is 11.1. The lowest BCUT2D eigenvalue weighted by Crippen LogP contribution is -2.09. The monoisotopic (exact) mass is 262 g/mol. The molecule has 0 bridgehead atoms. The summed E-state index contributed by atoms with van der Waals surface area (Å²) in [4.78, 5) is 11.1. The van der Waals surface area contributed by atoms with Gasteiger partial charge < -0.3 is 14.6 Å². The van der Waals surface area contributed by atoms with E-state index in [1.165, 1.54) is 10.9 Å². The largest absolute Gasteiger partial charge is 0.477 e. The van der Waals surface area contributed by atoms with Gasteiger partial charge in [0.1, 0.15) is 5.56 Å². The van der Waals surface area contributed by atoms with Crippen molar-refractivity contribution in [1.29, 1.82) is 0 Å². The normalized spacial score (nSPS) is 10.4. The zero-order chi connectivity index (χ0) is 13.7. The summed E-state index contributed by atoms with van der Waals surface area (Å²) in [6, 6.07) is 9.16. The highest BCUT2D eigenvalue weighted by Crippen LogP contribution is 2.22. The van der Waals surface area contributed by atoms with Crippen molar-refractivity contribution in [3.63, 3.8) is 0 Å². The number of hydrogen-bond acceptors (Lipinski definition) is 4. The number of carbonyl (C=O) groups is 1. The Bertz CT molecular complexity index is 551. The molecule has 2 aromatic rings. The van der Waals surface area contributed by atoms with Gasteiger partial charge in [0.25, 0.3) is 0 Å². The smallest absolute Gasteiger partial charge is 0.342 e. The van der Waals surface area contributed by atoms with Crippen LogP contribution in [0, 0.1) is 0 Å². The first kappa shape index (κ1) is 13.1. The second kappa shape index (κ2) is 6.01. The van der Waals surface area contributed by atoms with Gasteiger partial charge in [-0.1, -0.05) is 18.2 Å². The third-order valence-corrected chi connectivity index (χ3v) is 2.44. The van der Waals surface area contributed by atoms with E-state index in [2.05, 4.69) is 5.10 Å². The first-order valence-electron chi connectivity index (χ1n) is 5.81. The number of ether oxygens (including phenoxy) is 2. The lowest BCUT2D eigenvalue weighted by atomic mass is 10.3. The Kier molecular flexibility index (Phi) is 4.15. The summed E-state index contributed by atoms with van der Waals surface area (Å²) < 4.78 is 11.9. The fourth-order valence-electron chi connectivity index (χ4n) is 1.56.